The average Bonchev–Trinajstić information content (AvgIpc) is 2.80. The van der Waals surface area contributed by atoms with Gasteiger partial charge in [0.2, 0.25) is 0 Å². The van der Waals surface area contributed by atoms with E-state index in [1.165, 1.54) is 50.8 Å². The van der Waals surface area contributed by atoms with Crippen molar-refractivity contribution in [2.75, 3.05) is 14.2 Å². The third-order valence-corrected chi connectivity index (χ3v) is 4.76. The zero-order valence-electron chi connectivity index (χ0n) is 17.1. The van der Waals surface area contributed by atoms with E-state index in [1.54, 1.807) is 30.3 Å². The van der Waals surface area contributed by atoms with Crippen LogP contribution in [-0.2, 0) is 0 Å². The van der Waals surface area contributed by atoms with Gasteiger partial charge >= 0.3 is 5.97 Å². The van der Waals surface area contributed by atoms with E-state index in [4.69, 9.17) is 14.2 Å². The van der Waals surface area contributed by atoms with Crippen LogP contribution in [-0.4, -0.2) is 32.3 Å². The minimum Gasteiger partial charge on any atom is -0.493 e. The lowest BCUT2D eigenvalue weighted by Gasteiger charge is -2.11. The van der Waals surface area contributed by atoms with Crippen LogP contribution in [0.5, 0.6) is 17.2 Å². The molecule has 0 saturated carbocycles. The lowest BCUT2D eigenvalue weighted by Crippen LogP contribution is -2.17. The molecule has 3 aromatic rings. The van der Waals surface area contributed by atoms with E-state index in [9.17, 15) is 14.0 Å². The van der Waals surface area contributed by atoms with Crippen molar-refractivity contribution in [3.8, 4) is 17.2 Å². The van der Waals surface area contributed by atoms with Crippen molar-refractivity contribution in [1.82, 2.24) is 5.43 Å². The first kappa shape index (κ1) is 23.0. The largest absolute Gasteiger partial charge is 0.493 e. The van der Waals surface area contributed by atoms with Crippen LogP contribution in [0.2, 0.25) is 0 Å². The third-order valence-electron chi connectivity index (χ3n) is 4.27. The van der Waals surface area contributed by atoms with Gasteiger partial charge in [-0.05, 0) is 60.7 Å². The van der Waals surface area contributed by atoms with Crippen LogP contribution < -0.4 is 19.6 Å². The Morgan fingerprint density at radius 2 is 1.56 bits per heavy atom. The highest BCUT2D eigenvalue weighted by atomic mass is 79.9. The molecule has 0 radical (unpaired) electrons. The Bertz CT molecular complexity index is 1170. The quantitative estimate of drug-likeness (QED) is 0.222. The van der Waals surface area contributed by atoms with Gasteiger partial charge in [0.15, 0.2) is 11.5 Å². The molecule has 0 bridgehead atoms. The van der Waals surface area contributed by atoms with Crippen LogP contribution in [0.1, 0.15) is 26.3 Å². The van der Waals surface area contributed by atoms with Crippen molar-refractivity contribution in [3.63, 3.8) is 0 Å². The standard InChI is InChI=1S/C23H18BrFN2O5/c1-30-20-9-5-15(12-21(20)31-2)23(29)32-19-10-6-17(24)11-16(19)13-26-27-22(28)14-3-7-18(25)8-4-14/h3-13H,1-2H3,(H,27,28)/b26-13+. The van der Waals surface area contributed by atoms with Crippen LogP contribution in [0, 0.1) is 5.82 Å². The van der Waals surface area contributed by atoms with Crippen LogP contribution >= 0.6 is 15.9 Å². The van der Waals surface area contributed by atoms with Crippen molar-refractivity contribution in [2.45, 2.75) is 0 Å². The number of hydrogen-bond acceptors (Lipinski definition) is 6. The monoisotopic (exact) mass is 500 g/mol. The van der Waals surface area contributed by atoms with Gasteiger partial charge in [0.25, 0.3) is 5.91 Å². The molecule has 0 saturated heterocycles. The highest BCUT2D eigenvalue weighted by Gasteiger charge is 2.15. The Balaban J connectivity index is 1.76. The number of nitrogens with one attached hydrogen (secondary N) is 1. The molecule has 0 fully saturated rings. The molecular weight excluding hydrogens is 483 g/mol. The summed E-state index contributed by atoms with van der Waals surface area (Å²) in [6.07, 6.45) is 1.34. The van der Waals surface area contributed by atoms with Gasteiger partial charge in [0.05, 0.1) is 26.0 Å². The molecule has 0 heterocycles. The molecule has 1 amide bonds. The van der Waals surface area contributed by atoms with Gasteiger partial charge in [0.1, 0.15) is 11.6 Å². The molecule has 32 heavy (non-hydrogen) atoms. The number of esters is 1. The molecule has 3 rings (SSSR count). The number of rotatable bonds is 7. The Hall–Kier alpha value is -3.72. The summed E-state index contributed by atoms with van der Waals surface area (Å²) in [5, 5.41) is 3.91. The second kappa shape index (κ2) is 10.5. The van der Waals surface area contributed by atoms with E-state index in [-0.39, 0.29) is 16.9 Å². The summed E-state index contributed by atoms with van der Waals surface area (Å²) in [4.78, 5) is 24.7. The van der Waals surface area contributed by atoms with Crippen molar-refractivity contribution in [2.24, 2.45) is 5.10 Å². The highest BCUT2D eigenvalue weighted by Crippen LogP contribution is 2.29. The first-order valence-corrected chi connectivity index (χ1v) is 10.0. The van der Waals surface area contributed by atoms with Crippen LogP contribution in [0.4, 0.5) is 4.39 Å². The van der Waals surface area contributed by atoms with Gasteiger partial charge in [-0.2, -0.15) is 5.10 Å². The maximum absolute atomic E-state index is 13.0. The Labute approximate surface area is 191 Å². The number of amides is 1. The lowest BCUT2D eigenvalue weighted by molar-refractivity contribution is 0.0733. The normalized spacial score (nSPS) is 10.6. The summed E-state index contributed by atoms with van der Waals surface area (Å²) in [5.41, 5.74) is 3.30. The fourth-order valence-electron chi connectivity index (χ4n) is 2.66. The zero-order valence-corrected chi connectivity index (χ0v) is 18.7. The summed E-state index contributed by atoms with van der Waals surface area (Å²) < 4.78 is 29.6. The predicted molar refractivity (Wildman–Crippen MR) is 120 cm³/mol. The average molecular weight is 501 g/mol. The molecule has 1 N–H and O–H groups in total. The minimum absolute atomic E-state index is 0.229. The molecule has 0 atom stereocenters. The molecule has 164 valence electrons. The SMILES string of the molecule is COc1ccc(C(=O)Oc2ccc(Br)cc2/C=N/NC(=O)c2ccc(F)cc2)cc1OC. The summed E-state index contributed by atoms with van der Waals surface area (Å²) in [5.74, 6) is -0.466. The van der Waals surface area contributed by atoms with E-state index in [2.05, 4.69) is 26.5 Å². The first-order chi connectivity index (χ1) is 15.4. The predicted octanol–water partition coefficient (Wildman–Crippen LogP) is 4.59. The van der Waals surface area contributed by atoms with Gasteiger partial charge in [-0.15, -0.1) is 0 Å². The molecule has 0 aliphatic rings. The number of methoxy groups -OCH3 is 2. The van der Waals surface area contributed by atoms with E-state index < -0.39 is 17.7 Å². The van der Waals surface area contributed by atoms with Gasteiger partial charge in [-0.3, -0.25) is 4.79 Å². The first-order valence-electron chi connectivity index (χ1n) is 9.24. The van der Waals surface area contributed by atoms with Crippen LogP contribution in [0.15, 0.2) is 70.2 Å². The van der Waals surface area contributed by atoms with Gasteiger partial charge in [-0.25, -0.2) is 14.6 Å². The summed E-state index contributed by atoms with van der Waals surface area (Å²) >= 11 is 3.35. The fourth-order valence-corrected chi connectivity index (χ4v) is 3.04. The van der Waals surface area contributed by atoms with Gasteiger partial charge in [0, 0.05) is 15.6 Å². The molecule has 0 aliphatic carbocycles. The Kier molecular flexibility index (Phi) is 7.56. The number of carbonyl (C=O) groups excluding carboxylic acids is 2. The fraction of sp³-hybridized carbons (Fsp3) is 0.0870. The van der Waals surface area contributed by atoms with Crippen molar-refractivity contribution in [1.29, 1.82) is 0 Å². The van der Waals surface area contributed by atoms with E-state index in [1.807, 2.05) is 0 Å². The smallest absolute Gasteiger partial charge is 0.343 e. The minimum atomic E-state index is -0.613. The third kappa shape index (κ3) is 5.70. The van der Waals surface area contributed by atoms with E-state index in [0.29, 0.717) is 17.1 Å². The maximum atomic E-state index is 13.0. The van der Waals surface area contributed by atoms with Crippen molar-refractivity contribution >= 4 is 34.0 Å². The van der Waals surface area contributed by atoms with Crippen LogP contribution in [0.25, 0.3) is 0 Å². The molecule has 0 aromatic heterocycles. The molecule has 7 nitrogen and oxygen atoms in total. The lowest BCUT2D eigenvalue weighted by atomic mass is 10.2. The topological polar surface area (TPSA) is 86.2 Å². The summed E-state index contributed by atoms with van der Waals surface area (Å²) in [7, 11) is 2.97. The second-order valence-electron chi connectivity index (χ2n) is 6.35. The number of hydrazone groups is 1. The molecule has 0 unspecified atom stereocenters. The zero-order chi connectivity index (χ0) is 23.1. The molecule has 0 spiro atoms. The number of hydrogen-bond donors (Lipinski definition) is 1. The molecular formula is C23H18BrFN2O5. The number of halogens is 2. The number of ether oxygens (including phenoxy) is 3. The summed E-state index contributed by atoms with van der Waals surface area (Å²) in [6.45, 7) is 0. The summed E-state index contributed by atoms with van der Waals surface area (Å²) in [6, 6.07) is 14.7. The Morgan fingerprint density at radius 1 is 0.906 bits per heavy atom. The number of carbonyl (C=O) groups is 2. The van der Waals surface area contributed by atoms with Gasteiger partial charge in [-0.1, -0.05) is 15.9 Å². The molecule has 9 heteroatoms. The van der Waals surface area contributed by atoms with Crippen LogP contribution in [0.3, 0.4) is 0 Å². The maximum Gasteiger partial charge on any atom is 0.343 e. The number of benzene rings is 3. The van der Waals surface area contributed by atoms with Crippen molar-refractivity contribution < 1.29 is 28.2 Å². The van der Waals surface area contributed by atoms with E-state index >= 15 is 0 Å². The second-order valence-corrected chi connectivity index (χ2v) is 7.26. The number of nitrogens with zero attached hydrogens (tertiary/aromatic N) is 1. The molecule has 0 aliphatic heterocycles. The van der Waals surface area contributed by atoms with Gasteiger partial charge < -0.3 is 14.2 Å². The van der Waals surface area contributed by atoms with E-state index in [0.717, 1.165) is 4.47 Å². The molecule has 3 aromatic carbocycles. The highest BCUT2D eigenvalue weighted by molar-refractivity contribution is 9.10. The van der Waals surface area contributed by atoms with Crippen molar-refractivity contribution in [3.05, 3.63) is 87.6 Å². The Morgan fingerprint density at radius 3 is 2.25 bits per heavy atom.